The minimum absolute atomic E-state index is 0.0518. The van der Waals surface area contributed by atoms with Crippen LogP contribution in [0.1, 0.15) is 5.69 Å². The summed E-state index contributed by atoms with van der Waals surface area (Å²) < 4.78 is 39.7. The van der Waals surface area contributed by atoms with Crippen molar-refractivity contribution in [3.8, 4) is 10.6 Å². The highest BCUT2D eigenvalue weighted by atomic mass is 32.1. The molecule has 3 aromatic rings. The van der Waals surface area contributed by atoms with Crippen molar-refractivity contribution in [2.24, 2.45) is 0 Å². The van der Waals surface area contributed by atoms with Crippen LogP contribution >= 0.6 is 22.7 Å². The molecule has 1 amide bonds. The summed E-state index contributed by atoms with van der Waals surface area (Å²) in [4.78, 5) is 18.2. The molecule has 0 radical (unpaired) electrons. The summed E-state index contributed by atoms with van der Waals surface area (Å²) in [5, 5.41) is 9.05. The zero-order valence-corrected chi connectivity index (χ0v) is 15.3. The Balaban J connectivity index is 1.57. The van der Waals surface area contributed by atoms with Gasteiger partial charge in [-0.2, -0.15) is 11.3 Å². The lowest BCUT2D eigenvalue weighted by Crippen LogP contribution is -2.30. The van der Waals surface area contributed by atoms with E-state index in [1.165, 1.54) is 11.3 Å². The molecule has 136 valence electrons. The lowest BCUT2D eigenvalue weighted by atomic mass is 10.2. The lowest BCUT2D eigenvalue weighted by molar-refractivity contribution is -0.117. The quantitative estimate of drug-likeness (QED) is 0.629. The van der Waals surface area contributed by atoms with Gasteiger partial charge < -0.3 is 5.32 Å². The van der Waals surface area contributed by atoms with Gasteiger partial charge in [0.05, 0.1) is 17.9 Å². The molecule has 3 rings (SSSR count). The van der Waals surface area contributed by atoms with Crippen LogP contribution < -0.4 is 5.32 Å². The molecule has 0 saturated carbocycles. The van der Waals surface area contributed by atoms with Crippen molar-refractivity contribution >= 4 is 34.3 Å². The number of nitrogens with zero attached hydrogens (tertiary/aromatic N) is 2. The van der Waals surface area contributed by atoms with Gasteiger partial charge in [-0.15, -0.1) is 11.3 Å². The van der Waals surface area contributed by atoms with Gasteiger partial charge in [0.15, 0.2) is 17.5 Å². The predicted molar refractivity (Wildman–Crippen MR) is 96.7 cm³/mol. The third-order valence-electron chi connectivity index (χ3n) is 3.47. The van der Waals surface area contributed by atoms with E-state index in [1.807, 2.05) is 22.2 Å². The molecule has 0 aliphatic heterocycles. The van der Waals surface area contributed by atoms with Gasteiger partial charge in [-0.05, 0) is 30.6 Å². The number of thiazole rings is 1. The molecule has 0 aliphatic rings. The first-order valence-corrected chi connectivity index (χ1v) is 9.35. The van der Waals surface area contributed by atoms with Crippen LogP contribution in [-0.2, 0) is 11.3 Å². The number of hydrogen-bond donors (Lipinski definition) is 1. The van der Waals surface area contributed by atoms with Crippen LogP contribution in [0.2, 0.25) is 0 Å². The van der Waals surface area contributed by atoms with E-state index in [0.29, 0.717) is 6.54 Å². The number of hydrogen-bond acceptors (Lipinski definition) is 5. The van der Waals surface area contributed by atoms with Gasteiger partial charge in [0, 0.05) is 22.9 Å². The Morgan fingerprint density at radius 3 is 2.73 bits per heavy atom. The third-order valence-corrected chi connectivity index (χ3v) is 5.10. The molecule has 0 spiro atoms. The van der Waals surface area contributed by atoms with Crippen LogP contribution in [0.25, 0.3) is 10.6 Å². The minimum atomic E-state index is -1.61. The number of rotatable bonds is 6. The number of amides is 1. The van der Waals surface area contributed by atoms with E-state index < -0.39 is 29.0 Å². The molecular formula is C17H14F3N3OS2. The second-order valence-electron chi connectivity index (χ2n) is 5.60. The number of halogens is 3. The molecule has 1 aromatic carbocycles. The fourth-order valence-corrected chi connectivity index (χ4v) is 3.81. The Labute approximate surface area is 155 Å². The number of carbonyl (C=O) groups excluding carboxylic acids is 1. The number of benzene rings is 1. The van der Waals surface area contributed by atoms with Gasteiger partial charge in [-0.25, -0.2) is 18.2 Å². The first-order chi connectivity index (χ1) is 12.4. The SMILES string of the molecule is CN(CC(=O)Nc1ccc(F)c(F)c1F)Cc1csc(-c2ccsc2)n1. The molecule has 0 aliphatic carbocycles. The first-order valence-electron chi connectivity index (χ1n) is 7.53. The summed E-state index contributed by atoms with van der Waals surface area (Å²) in [6.07, 6.45) is 0. The zero-order valence-electron chi connectivity index (χ0n) is 13.6. The largest absolute Gasteiger partial charge is 0.322 e. The molecule has 0 fully saturated rings. The van der Waals surface area contributed by atoms with Crippen molar-refractivity contribution < 1.29 is 18.0 Å². The van der Waals surface area contributed by atoms with Crippen molar-refractivity contribution in [1.29, 1.82) is 0 Å². The average molecular weight is 397 g/mol. The fourth-order valence-electron chi connectivity index (χ4n) is 2.29. The topological polar surface area (TPSA) is 45.2 Å². The number of nitrogens with one attached hydrogen (secondary N) is 1. The Bertz CT molecular complexity index is 912. The summed E-state index contributed by atoms with van der Waals surface area (Å²) in [6.45, 7) is 0.373. The lowest BCUT2D eigenvalue weighted by Gasteiger charge is -2.15. The zero-order chi connectivity index (χ0) is 18.7. The molecule has 2 heterocycles. The molecule has 0 bridgehead atoms. The van der Waals surface area contributed by atoms with Gasteiger partial charge in [0.25, 0.3) is 0 Å². The number of likely N-dealkylation sites (N-methyl/N-ethyl adjacent to an activating group) is 1. The van der Waals surface area contributed by atoms with Crippen LogP contribution in [0.3, 0.4) is 0 Å². The van der Waals surface area contributed by atoms with Crippen LogP contribution in [-0.4, -0.2) is 29.4 Å². The average Bonchev–Trinajstić information content (AvgIpc) is 3.26. The minimum Gasteiger partial charge on any atom is -0.322 e. The molecular weight excluding hydrogens is 383 g/mol. The molecule has 1 N–H and O–H groups in total. The molecule has 0 atom stereocenters. The van der Waals surface area contributed by atoms with Crippen LogP contribution in [0.5, 0.6) is 0 Å². The second kappa shape index (κ2) is 7.98. The number of carbonyl (C=O) groups is 1. The Kier molecular flexibility index (Phi) is 5.70. The fraction of sp³-hybridized carbons (Fsp3) is 0.176. The Hall–Kier alpha value is -2.23. The van der Waals surface area contributed by atoms with Crippen molar-refractivity contribution in [2.75, 3.05) is 18.9 Å². The number of aromatic nitrogens is 1. The van der Waals surface area contributed by atoms with Gasteiger partial charge in [0.2, 0.25) is 5.91 Å². The van der Waals surface area contributed by atoms with Gasteiger partial charge >= 0.3 is 0 Å². The van der Waals surface area contributed by atoms with Crippen LogP contribution in [0.15, 0.2) is 34.3 Å². The molecule has 26 heavy (non-hydrogen) atoms. The molecule has 4 nitrogen and oxygen atoms in total. The van der Waals surface area contributed by atoms with Gasteiger partial charge in [0.1, 0.15) is 5.01 Å². The maximum Gasteiger partial charge on any atom is 0.238 e. The molecule has 0 unspecified atom stereocenters. The first kappa shape index (κ1) is 18.6. The van der Waals surface area contributed by atoms with Gasteiger partial charge in [-0.3, -0.25) is 9.69 Å². The van der Waals surface area contributed by atoms with Crippen molar-refractivity contribution in [1.82, 2.24) is 9.88 Å². The van der Waals surface area contributed by atoms with E-state index in [4.69, 9.17) is 0 Å². The summed E-state index contributed by atoms with van der Waals surface area (Å²) >= 11 is 3.11. The standard InChI is InChI=1S/C17H14F3N3OS2/c1-23(6-11-9-26-17(21-11)10-4-5-25-8-10)7-14(24)22-13-3-2-12(18)15(19)16(13)20/h2-5,8-9H,6-7H2,1H3,(H,22,24). The van der Waals surface area contributed by atoms with Crippen molar-refractivity contribution in [3.63, 3.8) is 0 Å². The summed E-state index contributed by atoms with van der Waals surface area (Å²) in [7, 11) is 1.71. The van der Waals surface area contributed by atoms with E-state index in [-0.39, 0.29) is 6.54 Å². The number of anilines is 1. The molecule has 0 saturated heterocycles. The maximum absolute atomic E-state index is 13.6. The van der Waals surface area contributed by atoms with Crippen molar-refractivity contribution in [2.45, 2.75) is 6.54 Å². The van der Waals surface area contributed by atoms with E-state index in [1.54, 1.807) is 23.3 Å². The van der Waals surface area contributed by atoms with E-state index in [9.17, 15) is 18.0 Å². The normalized spacial score (nSPS) is 11.1. The van der Waals surface area contributed by atoms with Gasteiger partial charge in [-0.1, -0.05) is 0 Å². The van der Waals surface area contributed by atoms with E-state index in [2.05, 4.69) is 10.3 Å². The van der Waals surface area contributed by atoms with Crippen molar-refractivity contribution in [3.05, 3.63) is 57.5 Å². The number of thiophene rings is 1. The maximum atomic E-state index is 13.6. The Morgan fingerprint density at radius 2 is 2.00 bits per heavy atom. The third kappa shape index (κ3) is 4.29. The van der Waals surface area contributed by atoms with Crippen LogP contribution in [0.4, 0.5) is 18.9 Å². The van der Waals surface area contributed by atoms with Crippen LogP contribution in [0, 0.1) is 17.5 Å². The summed E-state index contributed by atoms with van der Waals surface area (Å²) in [6, 6.07) is 3.74. The highest BCUT2D eigenvalue weighted by Gasteiger charge is 2.16. The highest BCUT2D eigenvalue weighted by molar-refractivity contribution is 7.14. The highest BCUT2D eigenvalue weighted by Crippen LogP contribution is 2.26. The summed E-state index contributed by atoms with van der Waals surface area (Å²) in [5.74, 6) is -4.87. The van der Waals surface area contributed by atoms with E-state index >= 15 is 0 Å². The smallest absolute Gasteiger partial charge is 0.238 e. The summed E-state index contributed by atoms with van der Waals surface area (Å²) in [5.41, 5.74) is 1.47. The Morgan fingerprint density at radius 1 is 1.19 bits per heavy atom. The monoisotopic (exact) mass is 397 g/mol. The second-order valence-corrected chi connectivity index (χ2v) is 7.24. The molecule has 2 aromatic heterocycles. The molecule has 9 heteroatoms. The predicted octanol–water partition coefficient (Wildman–Crippen LogP) is 4.36. The van der Waals surface area contributed by atoms with E-state index in [0.717, 1.165) is 28.4 Å².